The number of fused-ring (bicyclic) bond motifs is 2. The summed E-state index contributed by atoms with van der Waals surface area (Å²) < 4.78 is 0. The third-order valence-electron chi connectivity index (χ3n) is 5.74. The van der Waals surface area contributed by atoms with E-state index in [0.29, 0.717) is 28.4 Å². The highest BCUT2D eigenvalue weighted by Gasteiger charge is 2.17. The van der Waals surface area contributed by atoms with Crippen molar-refractivity contribution in [1.82, 2.24) is 45.0 Å². The number of H-pyrrole nitrogens is 2. The number of imidazole rings is 1. The molecule has 6 aromatic heterocycles. The number of amides is 1. The Bertz CT molecular complexity index is 1740. The van der Waals surface area contributed by atoms with Gasteiger partial charge in [-0.25, -0.2) is 9.97 Å². The fraction of sp³-hybridized carbons (Fsp3) is 0.115. The molecule has 0 bridgehead atoms. The zero-order valence-corrected chi connectivity index (χ0v) is 20.1. The lowest BCUT2D eigenvalue weighted by atomic mass is 10.1. The Morgan fingerprint density at radius 2 is 1.84 bits per heavy atom. The van der Waals surface area contributed by atoms with E-state index in [4.69, 9.17) is 9.97 Å². The molecule has 6 heterocycles. The second kappa shape index (κ2) is 9.21. The minimum absolute atomic E-state index is 0.117. The van der Waals surface area contributed by atoms with Gasteiger partial charge in [-0.3, -0.25) is 24.8 Å². The van der Waals surface area contributed by atoms with Crippen molar-refractivity contribution in [3.05, 3.63) is 67.4 Å². The summed E-state index contributed by atoms with van der Waals surface area (Å²) in [5.41, 5.74) is 7.22. The molecule has 11 nitrogen and oxygen atoms in total. The van der Waals surface area contributed by atoms with Gasteiger partial charge >= 0.3 is 0 Å². The van der Waals surface area contributed by atoms with Crippen molar-refractivity contribution >= 4 is 33.7 Å². The summed E-state index contributed by atoms with van der Waals surface area (Å²) in [5, 5.41) is 10.4. The van der Waals surface area contributed by atoms with E-state index in [-0.39, 0.29) is 12.5 Å². The fourth-order valence-corrected chi connectivity index (χ4v) is 4.12. The molecule has 0 saturated carbocycles. The molecule has 11 heteroatoms. The maximum absolute atomic E-state index is 12.2. The van der Waals surface area contributed by atoms with Crippen molar-refractivity contribution in [2.45, 2.75) is 0 Å². The molecule has 0 spiro atoms. The number of carbonyl (C=O) groups excluding carboxylic acids is 1. The third kappa shape index (κ3) is 4.39. The van der Waals surface area contributed by atoms with E-state index in [1.165, 1.54) is 0 Å². The number of pyridine rings is 4. The topological polar surface area (TPSA) is 141 Å². The van der Waals surface area contributed by atoms with E-state index >= 15 is 0 Å². The van der Waals surface area contributed by atoms with Crippen LogP contribution in [0.2, 0.25) is 0 Å². The Morgan fingerprint density at radius 1 is 0.946 bits per heavy atom. The van der Waals surface area contributed by atoms with Crippen LogP contribution in [0.3, 0.4) is 0 Å². The molecule has 0 atom stereocenters. The first kappa shape index (κ1) is 22.4. The van der Waals surface area contributed by atoms with Gasteiger partial charge in [0.05, 0.1) is 47.0 Å². The molecule has 182 valence electrons. The first-order valence-corrected chi connectivity index (χ1v) is 11.6. The Morgan fingerprint density at radius 3 is 2.68 bits per heavy atom. The zero-order valence-electron chi connectivity index (χ0n) is 20.1. The molecule has 1 amide bonds. The van der Waals surface area contributed by atoms with Crippen LogP contribution in [0, 0.1) is 0 Å². The molecule has 0 aliphatic rings. The van der Waals surface area contributed by atoms with Gasteiger partial charge in [0.25, 0.3) is 0 Å². The van der Waals surface area contributed by atoms with Crippen LogP contribution in [0.25, 0.3) is 56.1 Å². The number of aromatic amines is 2. The highest BCUT2D eigenvalue weighted by molar-refractivity contribution is 5.95. The van der Waals surface area contributed by atoms with Gasteiger partial charge in [-0.1, -0.05) is 6.07 Å². The fourth-order valence-electron chi connectivity index (χ4n) is 4.12. The van der Waals surface area contributed by atoms with Gasteiger partial charge < -0.3 is 15.2 Å². The molecule has 0 saturated heterocycles. The predicted molar refractivity (Wildman–Crippen MR) is 140 cm³/mol. The molecule has 0 radical (unpaired) electrons. The third-order valence-corrected chi connectivity index (χ3v) is 5.74. The van der Waals surface area contributed by atoms with Crippen LogP contribution >= 0.6 is 0 Å². The number of nitrogens with one attached hydrogen (secondary N) is 3. The Labute approximate surface area is 211 Å². The summed E-state index contributed by atoms with van der Waals surface area (Å²) >= 11 is 0. The maximum Gasteiger partial charge on any atom is 0.238 e. The minimum atomic E-state index is -0.117. The second-order valence-electron chi connectivity index (χ2n) is 8.80. The first-order chi connectivity index (χ1) is 18.0. The first-order valence-electron chi connectivity index (χ1n) is 11.6. The molecule has 3 N–H and O–H groups in total. The van der Waals surface area contributed by atoms with Crippen molar-refractivity contribution in [3.8, 4) is 34.0 Å². The van der Waals surface area contributed by atoms with Gasteiger partial charge in [0.2, 0.25) is 5.91 Å². The molecule has 6 rings (SSSR count). The monoisotopic (exact) mass is 490 g/mol. The van der Waals surface area contributed by atoms with Crippen molar-refractivity contribution < 1.29 is 4.79 Å². The lowest BCUT2D eigenvalue weighted by molar-refractivity contribution is -0.116. The summed E-state index contributed by atoms with van der Waals surface area (Å²) in [4.78, 5) is 40.1. The van der Waals surface area contributed by atoms with E-state index in [0.717, 1.165) is 33.4 Å². The number of anilines is 1. The molecule has 0 aliphatic carbocycles. The number of hydrogen-bond donors (Lipinski definition) is 3. The number of carbonyl (C=O) groups is 1. The van der Waals surface area contributed by atoms with Crippen molar-refractivity contribution in [1.29, 1.82) is 0 Å². The SMILES string of the molecule is CN(C)CC(=O)Nc1cncc(-c2ccc3[nH]nc(-c4nc5c(-c6ccccn6)cncc5[nH]4)c3n2)c1. The van der Waals surface area contributed by atoms with Crippen LogP contribution in [0.1, 0.15) is 0 Å². The summed E-state index contributed by atoms with van der Waals surface area (Å²) in [6.45, 7) is 0.280. The molecular weight excluding hydrogens is 468 g/mol. The quantitative estimate of drug-likeness (QED) is 0.322. The second-order valence-corrected chi connectivity index (χ2v) is 8.80. The number of hydrogen-bond acceptors (Lipinski definition) is 8. The van der Waals surface area contributed by atoms with E-state index in [2.05, 4.69) is 35.5 Å². The van der Waals surface area contributed by atoms with Gasteiger partial charge in [0, 0.05) is 29.7 Å². The summed E-state index contributed by atoms with van der Waals surface area (Å²) in [6.07, 6.45) is 8.55. The predicted octanol–water partition coefficient (Wildman–Crippen LogP) is 3.52. The van der Waals surface area contributed by atoms with Crippen molar-refractivity contribution in [2.75, 3.05) is 26.0 Å². The van der Waals surface area contributed by atoms with Gasteiger partial charge in [-0.2, -0.15) is 5.10 Å². The van der Waals surface area contributed by atoms with E-state index in [9.17, 15) is 4.79 Å². The molecule has 37 heavy (non-hydrogen) atoms. The van der Waals surface area contributed by atoms with Crippen LogP contribution in [0.4, 0.5) is 5.69 Å². The molecule has 0 aliphatic heterocycles. The number of rotatable bonds is 6. The highest BCUT2D eigenvalue weighted by Crippen LogP contribution is 2.30. The Kier molecular flexibility index (Phi) is 5.58. The van der Waals surface area contributed by atoms with Gasteiger partial charge in [-0.15, -0.1) is 0 Å². The van der Waals surface area contributed by atoms with Crippen molar-refractivity contribution in [3.63, 3.8) is 0 Å². The minimum Gasteiger partial charge on any atom is -0.335 e. The molecule has 0 unspecified atom stereocenters. The zero-order chi connectivity index (χ0) is 25.4. The maximum atomic E-state index is 12.2. The molecular formula is C26H22N10O. The Hall–Kier alpha value is -5.03. The number of likely N-dealkylation sites (N-methyl/N-ethyl adjacent to an activating group) is 1. The number of nitrogens with zero attached hydrogens (tertiary/aromatic N) is 7. The number of aromatic nitrogens is 8. The van der Waals surface area contributed by atoms with Crippen LogP contribution in [0.15, 0.2) is 67.4 Å². The van der Waals surface area contributed by atoms with Crippen LogP contribution < -0.4 is 5.32 Å². The lowest BCUT2D eigenvalue weighted by Crippen LogP contribution is -2.27. The van der Waals surface area contributed by atoms with E-state index in [1.54, 1.807) is 35.9 Å². The average molecular weight is 491 g/mol. The Balaban J connectivity index is 1.38. The largest absolute Gasteiger partial charge is 0.335 e. The highest BCUT2D eigenvalue weighted by atomic mass is 16.2. The lowest BCUT2D eigenvalue weighted by Gasteiger charge is -2.10. The smallest absolute Gasteiger partial charge is 0.238 e. The van der Waals surface area contributed by atoms with Crippen LogP contribution in [-0.4, -0.2) is 71.5 Å². The molecule has 6 aromatic rings. The normalized spacial score (nSPS) is 11.4. The summed E-state index contributed by atoms with van der Waals surface area (Å²) in [6, 6.07) is 11.4. The van der Waals surface area contributed by atoms with Crippen LogP contribution in [-0.2, 0) is 4.79 Å². The summed E-state index contributed by atoms with van der Waals surface area (Å²) in [5.74, 6) is 0.452. The van der Waals surface area contributed by atoms with E-state index < -0.39 is 0 Å². The summed E-state index contributed by atoms with van der Waals surface area (Å²) in [7, 11) is 3.68. The average Bonchev–Trinajstić information content (AvgIpc) is 3.52. The molecule has 0 aromatic carbocycles. The molecule has 0 fully saturated rings. The van der Waals surface area contributed by atoms with E-state index in [1.807, 2.05) is 50.5 Å². The van der Waals surface area contributed by atoms with Gasteiger partial charge in [-0.05, 0) is 44.4 Å². The standard InChI is InChI=1S/C26H22N10O/c1-36(2)14-22(37)30-16-9-15(10-27-11-16)18-6-7-20-24(31-18)25(35-34-20)26-32-21-13-28-12-17(23(21)33-26)19-5-3-4-8-29-19/h3-13H,14H2,1-2H3,(H,30,37)(H,32,33)(H,34,35). The van der Waals surface area contributed by atoms with Gasteiger partial charge in [0.15, 0.2) is 11.5 Å². The van der Waals surface area contributed by atoms with Crippen molar-refractivity contribution in [2.24, 2.45) is 0 Å². The van der Waals surface area contributed by atoms with Gasteiger partial charge in [0.1, 0.15) is 11.0 Å². The van der Waals surface area contributed by atoms with Crippen LogP contribution in [0.5, 0.6) is 0 Å².